The minimum Gasteiger partial charge on any atom is -0.492 e. The second kappa shape index (κ2) is 9.43. The fourth-order valence-electron chi connectivity index (χ4n) is 2.68. The van der Waals surface area contributed by atoms with Gasteiger partial charge in [0.1, 0.15) is 5.75 Å². The van der Waals surface area contributed by atoms with Gasteiger partial charge in [0.05, 0.1) is 21.8 Å². The zero-order valence-electron chi connectivity index (χ0n) is 15.7. The summed E-state index contributed by atoms with van der Waals surface area (Å²) in [5, 5.41) is 3.47. The molecule has 2 rings (SSSR count). The number of halogens is 2. The first-order chi connectivity index (χ1) is 12.3. The first-order valence-electron chi connectivity index (χ1n) is 8.76. The second-order valence-electron chi connectivity index (χ2n) is 6.78. The molecule has 0 aliphatic carbocycles. The Morgan fingerprint density at radius 3 is 2.58 bits per heavy atom. The Bertz CT molecular complexity index is 767. The van der Waals surface area contributed by atoms with Gasteiger partial charge in [-0.05, 0) is 77.0 Å². The van der Waals surface area contributed by atoms with Gasteiger partial charge in [-0.1, -0.05) is 37.6 Å². The zero-order chi connectivity index (χ0) is 19.3. The summed E-state index contributed by atoms with van der Waals surface area (Å²) in [7, 11) is 0. The normalized spacial score (nSPS) is 10.9. The number of aryl methyl sites for hydroxylation is 2. The van der Waals surface area contributed by atoms with E-state index in [1.807, 2.05) is 32.0 Å². The van der Waals surface area contributed by atoms with E-state index in [1.165, 1.54) is 5.56 Å². The maximum atomic E-state index is 12.2. The molecule has 0 atom stereocenters. The molecule has 5 heteroatoms. The molecule has 3 nitrogen and oxygen atoms in total. The molecule has 0 aromatic heterocycles. The van der Waals surface area contributed by atoms with Crippen LogP contribution in [-0.4, -0.2) is 12.5 Å². The molecule has 1 amide bonds. The summed E-state index contributed by atoms with van der Waals surface area (Å²) < 4.78 is 6.72. The summed E-state index contributed by atoms with van der Waals surface area (Å²) in [5.74, 6) is 1.21. The largest absolute Gasteiger partial charge is 0.492 e. The van der Waals surface area contributed by atoms with Crippen LogP contribution < -0.4 is 10.1 Å². The lowest BCUT2D eigenvalue weighted by Gasteiger charge is -2.13. The van der Waals surface area contributed by atoms with E-state index in [-0.39, 0.29) is 5.91 Å². The van der Waals surface area contributed by atoms with E-state index in [1.54, 1.807) is 0 Å². The SMILES string of the molecule is Cc1cc(C)c(NC(=O)CCCOc2ccc(C(C)C)cc2Br)c(Cl)c1. The van der Waals surface area contributed by atoms with Gasteiger partial charge in [-0.25, -0.2) is 0 Å². The Labute approximate surface area is 169 Å². The third-order valence-electron chi connectivity index (χ3n) is 4.12. The molecule has 140 valence electrons. The van der Waals surface area contributed by atoms with Crippen LogP contribution in [0.15, 0.2) is 34.8 Å². The highest BCUT2D eigenvalue weighted by molar-refractivity contribution is 9.10. The van der Waals surface area contributed by atoms with Crippen molar-refractivity contribution in [3.8, 4) is 5.75 Å². The maximum Gasteiger partial charge on any atom is 0.224 e. The van der Waals surface area contributed by atoms with Crippen LogP contribution in [0.3, 0.4) is 0 Å². The number of benzene rings is 2. The van der Waals surface area contributed by atoms with Gasteiger partial charge in [-0.2, -0.15) is 0 Å². The Morgan fingerprint density at radius 2 is 1.96 bits per heavy atom. The number of rotatable bonds is 7. The van der Waals surface area contributed by atoms with Crippen molar-refractivity contribution >= 4 is 39.1 Å². The summed E-state index contributed by atoms with van der Waals surface area (Å²) in [6, 6.07) is 9.97. The number of carbonyl (C=O) groups excluding carboxylic acids is 1. The predicted octanol–water partition coefficient (Wildman–Crippen LogP) is 6.64. The highest BCUT2D eigenvalue weighted by Crippen LogP contribution is 2.29. The van der Waals surface area contributed by atoms with E-state index in [0.29, 0.717) is 36.1 Å². The monoisotopic (exact) mass is 437 g/mol. The summed E-state index contributed by atoms with van der Waals surface area (Å²) >= 11 is 9.77. The third kappa shape index (κ3) is 5.75. The maximum absolute atomic E-state index is 12.2. The van der Waals surface area contributed by atoms with E-state index < -0.39 is 0 Å². The van der Waals surface area contributed by atoms with Gasteiger partial charge in [0, 0.05) is 6.42 Å². The number of hydrogen-bond acceptors (Lipinski definition) is 2. The van der Waals surface area contributed by atoms with Gasteiger partial charge in [0.25, 0.3) is 0 Å². The number of ether oxygens (including phenoxy) is 1. The van der Waals surface area contributed by atoms with Crippen LogP contribution in [0.2, 0.25) is 5.02 Å². The molecule has 0 radical (unpaired) electrons. The van der Waals surface area contributed by atoms with Gasteiger partial charge in [-0.3, -0.25) is 4.79 Å². The van der Waals surface area contributed by atoms with Crippen molar-refractivity contribution in [1.82, 2.24) is 0 Å². The first-order valence-corrected chi connectivity index (χ1v) is 9.94. The van der Waals surface area contributed by atoms with Gasteiger partial charge >= 0.3 is 0 Å². The van der Waals surface area contributed by atoms with Crippen molar-refractivity contribution in [3.63, 3.8) is 0 Å². The van der Waals surface area contributed by atoms with Crippen molar-refractivity contribution in [3.05, 3.63) is 56.5 Å². The molecule has 2 aromatic carbocycles. The van der Waals surface area contributed by atoms with E-state index in [9.17, 15) is 4.79 Å². The Morgan fingerprint density at radius 1 is 1.23 bits per heavy atom. The molecule has 26 heavy (non-hydrogen) atoms. The summed E-state index contributed by atoms with van der Waals surface area (Å²) in [5.41, 5.74) is 3.99. The topological polar surface area (TPSA) is 38.3 Å². The highest BCUT2D eigenvalue weighted by atomic mass is 79.9. The summed E-state index contributed by atoms with van der Waals surface area (Å²) in [6.45, 7) is 8.71. The Hall–Kier alpha value is -1.52. The third-order valence-corrected chi connectivity index (χ3v) is 5.04. The molecule has 0 bridgehead atoms. The fraction of sp³-hybridized carbons (Fsp3) is 0.381. The van der Waals surface area contributed by atoms with E-state index >= 15 is 0 Å². The summed E-state index contributed by atoms with van der Waals surface area (Å²) in [6.07, 6.45) is 1.01. The molecule has 0 heterocycles. The molecule has 0 spiro atoms. The zero-order valence-corrected chi connectivity index (χ0v) is 18.0. The molecular weight excluding hydrogens is 414 g/mol. The Balaban J connectivity index is 1.82. The number of amides is 1. The molecule has 2 aromatic rings. The van der Waals surface area contributed by atoms with Crippen molar-refractivity contribution in [1.29, 1.82) is 0 Å². The molecule has 0 aliphatic rings. The van der Waals surface area contributed by atoms with Crippen LogP contribution >= 0.6 is 27.5 Å². The number of carbonyl (C=O) groups is 1. The minimum atomic E-state index is -0.0586. The van der Waals surface area contributed by atoms with Gasteiger partial charge in [0.15, 0.2) is 0 Å². The quantitative estimate of drug-likeness (QED) is 0.492. The van der Waals surface area contributed by atoms with Crippen LogP contribution in [-0.2, 0) is 4.79 Å². The molecule has 0 fully saturated rings. The molecule has 0 unspecified atom stereocenters. The molecule has 0 saturated carbocycles. The van der Waals surface area contributed by atoms with Gasteiger partial charge in [0.2, 0.25) is 5.91 Å². The van der Waals surface area contributed by atoms with Gasteiger partial charge in [-0.15, -0.1) is 0 Å². The standard InChI is InChI=1S/C21H25BrClNO2/c1-13(2)16-7-8-19(17(22)12-16)26-9-5-6-20(25)24-21-15(4)10-14(3)11-18(21)23/h7-8,10-13H,5-6,9H2,1-4H3,(H,24,25). The molecule has 1 N–H and O–H groups in total. The van der Waals surface area contributed by atoms with E-state index in [4.69, 9.17) is 16.3 Å². The van der Waals surface area contributed by atoms with Crippen LogP contribution in [0.25, 0.3) is 0 Å². The first kappa shape index (κ1) is 20.8. The molecule has 0 saturated heterocycles. The van der Waals surface area contributed by atoms with Gasteiger partial charge < -0.3 is 10.1 Å². The smallest absolute Gasteiger partial charge is 0.224 e. The predicted molar refractivity (Wildman–Crippen MR) is 113 cm³/mol. The van der Waals surface area contributed by atoms with Crippen LogP contribution in [0, 0.1) is 13.8 Å². The van der Waals surface area contributed by atoms with E-state index in [0.717, 1.165) is 21.3 Å². The lowest BCUT2D eigenvalue weighted by Crippen LogP contribution is -2.14. The number of hydrogen-bond donors (Lipinski definition) is 1. The number of nitrogens with one attached hydrogen (secondary N) is 1. The summed E-state index contributed by atoms with van der Waals surface area (Å²) in [4.78, 5) is 12.2. The highest BCUT2D eigenvalue weighted by Gasteiger charge is 2.10. The molecule has 0 aliphatic heterocycles. The van der Waals surface area contributed by atoms with Crippen molar-refractivity contribution in [2.75, 3.05) is 11.9 Å². The van der Waals surface area contributed by atoms with Crippen molar-refractivity contribution in [2.45, 2.75) is 46.5 Å². The lowest BCUT2D eigenvalue weighted by atomic mass is 10.0. The van der Waals surface area contributed by atoms with Crippen LogP contribution in [0.1, 0.15) is 49.3 Å². The minimum absolute atomic E-state index is 0.0586. The van der Waals surface area contributed by atoms with Crippen LogP contribution in [0.4, 0.5) is 5.69 Å². The number of anilines is 1. The van der Waals surface area contributed by atoms with E-state index in [2.05, 4.69) is 47.2 Å². The fourth-order valence-corrected chi connectivity index (χ4v) is 3.56. The van der Waals surface area contributed by atoms with Crippen molar-refractivity contribution in [2.24, 2.45) is 0 Å². The average Bonchev–Trinajstić information content (AvgIpc) is 2.55. The van der Waals surface area contributed by atoms with Crippen LogP contribution in [0.5, 0.6) is 5.75 Å². The van der Waals surface area contributed by atoms with Crippen molar-refractivity contribution < 1.29 is 9.53 Å². The lowest BCUT2D eigenvalue weighted by molar-refractivity contribution is -0.116. The second-order valence-corrected chi connectivity index (χ2v) is 8.04. The molecular formula is C21H25BrClNO2. The Kier molecular flexibility index (Phi) is 7.54. The average molecular weight is 439 g/mol.